The molecule has 4 unspecified atom stereocenters. The molecular weight excluding hydrogens is 356 g/mol. The molecule has 0 bridgehead atoms. The third kappa shape index (κ3) is 6.18. The highest BCUT2D eigenvalue weighted by atomic mass is 79.9. The highest BCUT2D eigenvalue weighted by molar-refractivity contribution is 9.10. The summed E-state index contributed by atoms with van der Waals surface area (Å²) in [5.41, 5.74) is 0.352. The molecule has 0 N–H and O–H groups in total. The largest absolute Gasteiger partial charge is 0.302 e. The van der Waals surface area contributed by atoms with Gasteiger partial charge in [-0.25, -0.2) is 0 Å². The molecule has 3 heteroatoms. The lowest BCUT2D eigenvalue weighted by Crippen LogP contribution is -2.31. The van der Waals surface area contributed by atoms with Crippen LogP contribution >= 0.6 is 31.9 Å². The summed E-state index contributed by atoms with van der Waals surface area (Å²) in [5.74, 6) is 0.598. The van der Waals surface area contributed by atoms with Gasteiger partial charge in [-0.2, -0.15) is 0 Å². The fourth-order valence-electron chi connectivity index (χ4n) is 2.71. The SMILES string of the molecule is CCCC(C)(CC)C(CC(Br)C=O)CC(Br)CC. The smallest absolute Gasteiger partial charge is 0.133 e. The lowest BCUT2D eigenvalue weighted by molar-refractivity contribution is -0.107. The molecule has 0 saturated heterocycles. The predicted octanol–water partition coefficient (Wildman–Crippen LogP) is 5.74. The van der Waals surface area contributed by atoms with Gasteiger partial charge in [-0.1, -0.05) is 72.4 Å². The minimum atomic E-state index is 0.00165. The maximum atomic E-state index is 10.9. The molecule has 0 rings (SSSR count). The van der Waals surface area contributed by atoms with E-state index in [0.29, 0.717) is 16.2 Å². The average Bonchev–Trinajstić information content (AvgIpc) is 2.37. The van der Waals surface area contributed by atoms with Crippen LogP contribution in [-0.2, 0) is 4.79 Å². The summed E-state index contributed by atoms with van der Waals surface area (Å²) in [7, 11) is 0. The van der Waals surface area contributed by atoms with Gasteiger partial charge in [-0.05, 0) is 37.0 Å². The summed E-state index contributed by atoms with van der Waals surface area (Å²) >= 11 is 7.24. The van der Waals surface area contributed by atoms with Crippen molar-refractivity contribution in [1.82, 2.24) is 0 Å². The second kappa shape index (κ2) is 9.52. The Morgan fingerprint density at radius 3 is 2.17 bits per heavy atom. The molecule has 0 saturated carbocycles. The van der Waals surface area contributed by atoms with Gasteiger partial charge >= 0.3 is 0 Å². The monoisotopic (exact) mass is 382 g/mol. The van der Waals surface area contributed by atoms with E-state index in [4.69, 9.17) is 0 Å². The van der Waals surface area contributed by atoms with Crippen LogP contribution in [0.2, 0.25) is 0 Å². The Kier molecular flexibility index (Phi) is 9.85. The first kappa shape index (κ1) is 18.6. The van der Waals surface area contributed by atoms with Crippen molar-refractivity contribution in [2.75, 3.05) is 0 Å². The van der Waals surface area contributed by atoms with Crippen molar-refractivity contribution in [3.8, 4) is 0 Å². The van der Waals surface area contributed by atoms with E-state index in [1.807, 2.05) is 0 Å². The molecule has 0 aromatic carbocycles. The Morgan fingerprint density at radius 1 is 1.17 bits per heavy atom. The zero-order chi connectivity index (χ0) is 14.2. The summed E-state index contributed by atoms with van der Waals surface area (Å²) in [4.78, 5) is 11.5. The van der Waals surface area contributed by atoms with E-state index in [1.54, 1.807) is 0 Å². The molecular formula is C15H28Br2O. The first-order valence-corrected chi connectivity index (χ1v) is 9.00. The van der Waals surface area contributed by atoms with E-state index in [0.717, 1.165) is 25.5 Å². The molecule has 0 spiro atoms. The van der Waals surface area contributed by atoms with Gasteiger partial charge in [0, 0.05) is 4.83 Å². The first-order valence-electron chi connectivity index (χ1n) is 7.16. The summed E-state index contributed by atoms with van der Waals surface area (Å²) in [5, 5.41) is 0. The molecule has 0 aliphatic carbocycles. The van der Waals surface area contributed by atoms with Crippen LogP contribution in [0.3, 0.4) is 0 Å². The molecule has 1 nitrogen and oxygen atoms in total. The van der Waals surface area contributed by atoms with Gasteiger partial charge in [0.1, 0.15) is 6.29 Å². The van der Waals surface area contributed by atoms with Gasteiger partial charge in [0.2, 0.25) is 0 Å². The summed E-state index contributed by atoms with van der Waals surface area (Å²) in [6.45, 7) is 9.13. The molecule has 0 aliphatic rings. The maximum absolute atomic E-state index is 10.9. The van der Waals surface area contributed by atoms with Gasteiger partial charge < -0.3 is 4.79 Å². The highest BCUT2D eigenvalue weighted by Gasteiger charge is 2.33. The Balaban J connectivity index is 4.85. The maximum Gasteiger partial charge on any atom is 0.133 e. The van der Waals surface area contributed by atoms with Crippen molar-refractivity contribution in [3.05, 3.63) is 0 Å². The Morgan fingerprint density at radius 2 is 1.78 bits per heavy atom. The lowest BCUT2D eigenvalue weighted by atomic mass is 9.68. The van der Waals surface area contributed by atoms with Crippen LogP contribution < -0.4 is 0 Å². The average molecular weight is 384 g/mol. The van der Waals surface area contributed by atoms with Crippen molar-refractivity contribution in [2.24, 2.45) is 11.3 Å². The second-order valence-electron chi connectivity index (χ2n) is 5.58. The molecule has 0 heterocycles. The number of carbonyl (C=O) groups is 1. The number of hydrogen-bond acceptors (Lipinski definition) is 1. The number of hydrogen-bond donors (Lipinski definition) is 0. The van der Waals surface area contributed by atoms with Crippen LogP contribution in [0.25, 0.3) is 0 Å². The molecule has 0 radical (unpaired) electrons. The van der Waals surface area contributed by atoms with Crippen molar-refractivity contribution in [3.63, 3.8) is 0 Å². The van der Waals surface area contributed by atoms with E-state index in [-0.39, 0.29) is 4.83 Å². The van der Waals surface area contributed by atoms with Crippen LogP contribution in [0, 0.1) is 11.3 Å². The van der Waals surface area contributed by atoms with Crippen molar-refractivity contribution in [2.45, 2.75) is 75.9 Å². The number of rotatable bonds is 10. The fourth-order valence-corrected chi connectivity index (χ4v) is 3.61. The second-order valence-corrected chi connectivity index (χ2v) is 8.05. The Labute approximate surface area is 130 Å². The van der Waals surface area contributed by atoms with Crippen LogP contribution in [-0.4, -0.2) is 15.9 Å². The zero-order valence-electron chi connectivity index (χ0n) is 12.2. The summed E-state index contributed by atoms with van der Waals surface area (Å²) in [6, 6.07) is 0. The molecule has 4 atom stereocenters. The van der Waals surface area contributed by atoms with Crippen LogP contribution in [0.5, 0.6) is 0 Å². The standard InChI is InChI=1S/C15H28Br2O/c1-5-8-15(4,7-3)12(9-13(16)6-2)10-14(17)11-18/h11-14H,5-10H2,1-4H3. The van der Waals surface area contributed by atoms with E-state index >= 15 is 0 Å². The van der Waals surface area contributed by atoms with Crippen LogP contribution in [0.4, 0.5) is 0 Å². The van der Waals surface area contributed by atoms with Gasteiger partial charge in [-0.15, -0.1) is 0 Å². The molecule has 0 aliphatic heterocycles. The van der Waals surface area contributed by atoms with Gasteiger partial charge in [0.15, 0.2) is 0 Å². The van der Waals surface area contributed by atoms with E-state index in [9.17, 15) is 4.79 Å². The first-order chi connectivity index (χ1) is 8.43. The molecule has 0 amide bonds. The fraction of sp³-hybridized carbons (Fsp3) is 0.933. The van der Waals surface area contributed by atoms with E-state index < -0.39 is 0 Å². The van der Waals surface area contributed by atoms with E-state index in [2.05, 4.69) is 59.6 Å². The molecule has 108 valence electrons. The summed E-state index contributed by atoms with van der Waals surface area (Å²) < 4.78 is 0. The normalized spacial score (nSPS) is 19.9. The van der Waals surface area contributed by atoms with E-state index in [1.165, 1.54) is 19.3 Å². The molecule has 18 heavy (non-hydrogen) atoms. The van der Waals surface area contributed by atoms with Gasteiger partial charge in [0.05, 0.1) is 4.83 Å². The minimum absolute atomic E-state index is 0.00165. The topological polar surface area (TPSA) is 17.1 Å². The van der Waals surface area contributed by atoms with Crippen LogP contribution in [0.1, 0.15) is 66.2 Å². The van der Waals surface area contributed by atoms with Gasteiger partial charge in [-0.3, -0.25) is 0 Å². The zero-order valence-corrected chi connectivity index (χ0v) is 15.4. The molecule has 0 aromatic heterocycles. The minimum Gasteiger partial charge on any atom is -0.302 e. The third-order valence-electron chi connectivity index (χ3n) is 4.25. The van der Waals surface area contributed by atoms with Crippen LogP contribution in [0.15, 0.2) is 0 Å². The summed E-state index contributed by atoms with van der Waals surface area (Å²) in [6.07, 6.45) is 7.95. The number of halogens is 2. The number of aldehydes is 1. The Bertz CT molecular complexity index is 233. The quantitative estimate of drug-likeness (QED) is 0.347. The predicted molar refractivity (Wildman–Crippen MR) is 87.8 cm³/mol. The molecule has 0 fully saturated rings. The van der Waals surface area contributed by atoms with Crippen molar-refractivity contribution >= 4 is 38.1 Å². The Hall–Kier alpha value is 0.630. The number of alkyl halides is 2. The van der Waals surface area contributed by atoms with Gasteiger partial charge in [0.25, 0.3) is 0 Å². The van der Waals surface area contributed by atoms with Crippen molar-refractivity contribution < 1.29 is 4.79 Å². The third-order valence-corrected chi connectivity index (χ3v) is 5.87. The number of carbonyl (C=O) groups excluding carboxylic acids is 1. The van der Waals surface area contributed by atoms with Crippen molar-refractivity contribution in [1.29, 1.82) is 0 Å². The molecule has 0 aromatic rings. The lowest BCUT2D eigenvalue weighted by Gasteiger charge is -2.39. The highest BCUT2D eigenvalue weighted by Crippen LogP contribution is 2.43.